The zero-order valence-electron chi connectivity index (χ0n) is 12.6. The van der Waals surface area contributed by atoms with Gasteiger partial charge < -0.3 is 15.6 Å². The van der Waals surface area contributed by atoms with Gasteiger partial charge in [0, 0.05) is 23.0 Å². The lowest BCUT2D eigenvalue weighted by atomic mass is 9.90. The van der Waals surface area contributed by atoms with Crippen LogP contribution in [0.15, 0.2) is 54.7 Å². The molecule has 0 radical (unpaired) electrons. The molecule has 1 aliphatic rings. The monoisotopic (exact) mass is 291 g/mol. The maximum absolute atomic E-state index is 5.82. The first-order valence-corrected chi connectivity index (χ1v) is 7.99. The van der Waals surface area contributed by atoms with Gasteiger partial charge in [-0.3, -0.25) is 0 Å². The lowest BCUT2D eigenvalue weighted by Crippen LogP contribution is -2.26. The van der Waals surface area contributed by atoms with Crippen LogP contribution in [0.25, 0.3) is 16.6 Å². The maximum Gasteiger partial charge on any atom is 0.0531 e. The summed E-state index contributed by atoms with van der Waals surface area (Å²) in [5.74, 6) is 0.654. The minimum atomic E-state index is 0.654. The molecule has 1 aromatic heterocycles. The Bertz CT molecular complexity index is 780. The summed E-state index contributed by atoms with van der Waals surface area (Å²) in [5.41, 5.74) is 10.6. The number of rotatable bonds is 2. The minimum Gasteiger partial charge on any atom is -0.399 e. The average Bonchev–Trinajstić information content (AvgIpc) is 2.96. The third-order valence-electron chi connectivity index (χ3n) is 4.69. The molecule has 4 rings (SSSR count). The zero-order chi connectivity index (χ0) is 14.9. The predicted octanol–water partition coefficient (Wildman–Crippen LogP) is 3.68. The van der Waals surface area contributed by atoms with Gasteiger partial charge in [-0.05, 0) is 67.7 Å². The van der Waals surface area contributed by atoms with Gasteiger partial charge in [0.2, 0.25) is 0 Å². The zero-order valence-corrected chi connectivity index (χ0v) is 12.6. The topological polar surface area (TPSA) is 43.0 Å². The first-order chi connectivity index (χ1) is 10.8. The van der Waals surface area contributed by atoms with E-state index in [1.807, 2.05) is 12.1 Å². The molecule has 0 saturated carbocycles. The molecule has 1 saturated heterocycles. The number of fused-ring (bicyclic) bond motifs is 1. The lowest BCUT2D eigenvalue weighted by molar-refractivity contribution is 0.462. The van der Waals surface area contributed by atoms with Crippen molar-refractivity contribution >= 4 is 16.6 Å². The highest BCUT2D eigenvalue weighted by atomic mass is 15.0. The van der Waals surface area contributed by atoms with Crippen LogP contribution in [-0.2, 0) is 0 Å². The van der Waals surface area contributed by atoms with Crippen LogP contribution >= 0.6 is 0 Å². The van der Waals surface area contributed by atoms with Crippen LogP contribution in [-0.4, -0.2) is 17.7 Å². The fourth-order valence-electron chi connectivity index (χ4n) is 3.51. The normalized spacial score (nSPS) is 16.2. The molecule has 3 nitrogen and oxygen atoms in total. The maximum atomic E-state index is 5.82. The summed E-state index contributed by atoms with van der Waals surface area (Å²) in [6.45, 7) is 2.23. The third kappa shape index (κ3) is 2.28. The molecular formula is C19H21N3. The van der Waals surface area contributed by atoms with Crippen molar-refractivity contribution in [1.29, 1.82) is 0 Å². The molecule has 3 aromatic rings. The van der Waals surface area contributed by atoms with Gasteiger partial charge in [-0.25, -0.2) is 0 Å². The molecule has 1 fully saturated rings. The predicted molar refractivity (Wildman–Crippen MR) is 92.5 cm³/mol. The van der Waals surface area contributed by atoms with Crippen LogP contribution in [0.2, 0.25) is 0 Å². The van der Waals surface area contributed by atoms with Gasteiger partial charge in [0.05, 0.1) is 5.52 Å². The van der Waals surface area contributed by atoms with Crippen molar-refractivity contribution < 1.29 is 0 Å². The van der Waals surface area contributed by atoms with Crippen molar-refractivity contribution in [2.75, 3.05) is 18.8 Å². The summed E-state index contributed by atoms with van der Waals surface area (Å²) in [6, 6.07) is 16.8. The molecule has 0 spiro atoms. The first-order valence-electron chi connectivity index (χ1n) is 7.99. The van der Waals surface area contributed by atoms with E-state index in [2.05, 4.69) is 52.5 Å². The highest BCUT2D eigenvalue weighted by Crippen LogP contribution is 2.34. The Balaban J connectivity index is 1.86. The van der Waals surface area contributed by atoms with E-state index >= 15 is 0 Å². The fraction of sp³-hybridized carbons (Fsp3) is 0.263. The van der Waals surface area contributed by atoms with Crippen molar-refractivity contribution in [2.24, 2.45) is 0 Å². The second-order valence-corrected chi connectivity index (χ2v) is 6.09. The number of piperidine rings is 1. The smallest absolute Gasteiger partial charge is 0.0531 e. The van der Waals surface area contributed by atoms with Gasteiger partial charge in [-0.1, -0.05) is 18.2 Å². The average molecular weight is 291 g/mol. The van der Waals surface area contributed by atoms with Gasteiger partial charge in [-0.2, -0.15) is 0 Å². The molecule has 0 unspecified atom stereocenters. The Hall–Kier alpha value is -2.26. The Morgan fingerprint density at radius 2 is 1.68 bits per heavy atom. The fourth-order valence-corrected chi connectivity index (χ4v) is 3.51. The van der Waals surface area contributed by atoms with Crippen LogP contribution in [0, 0.1) is 0 Å². The number of aromatic nitrogens is 1. The minimum absolute atomic E-state index is 0.654. The van der Waals surface area contributed by atoms with Gasteiger partial charge in [0.25, 0.3) is 0 Å². The second-order valence-electron chi connectivity index (χ2n) is 6.09. The molecule has 2 heterocycles. The van der Waals surface area contributed by atoms with Crippen LogP contribution in [0.5, 0.6) is 0 Å². The summed E-state index contributed by atoms with van der Waals surface area (Å²) in [6.07, 6.45) is 4.76. The summed E-state index contributed by atoms with van der Waals surface area (Å²) in [5, 5.41) is 4.84. The first kappa shape index (κ1) is 13.4. The number of nitrogen functional groups attached to an aromatic ring is 1. The molecule has 0 bridgehead atoms. The quantitative estimate of drug-likeness (QED) is 0.707. The summed E-state index contributed by atoms with van der Waals surface area (Å²) < 4.78 is 2.30. The standard InChI is InChI=1S/C19H21N3/c20-15-5-7-16(8-6-15)22-13-18(14-9-11-21-12-10-14)17-3-1-2-4-19(17)22/h1-8,13-14,21H,9-12,20H2. The van der Waals surface area contributed by atoms with E-state index in [1.54, 1.807) is 0 Å². The Labute approximate surface area is 130 Å². The number of hydrogen-bond acceptors (Lipinski definition) is 2. The van der Waals surface area contributed by atoms with Crippen molar-refractivity contribution in [3.63, 3.8) is 0 Å². The van der Waals surface area contributed by atoms with E-state index in [0.717, 1.165) is 18.8 Å². The van der Waals surface area contributed by atoms with Crippen LogP contribution in [0.3, 0.4) is 0 Å². The van der Waals surface area contributed by atoms with Gasteiger partial charge in [-0.15, -0.1) is 0 Å². The van der Waals surface area contributed by atoms with Crippen molar-refractivity contribution in [3.8, 4) is 5.69 Å². The largest absolute Gasteiger partial charge is 0.399 e. The highest BCUT2D eigenvalue weighted by Gasteiger charge is 2.20. The summed E-state index contributed by atoms with van der Waals surface area (Å²) >= 11 is 0. The summed E-state index contributed by atoms with van der Waals surface area (Å²) in [7, 11) is 0. The van der Waals surface area contributed by atoms with Crippen molar-refractivity contribution in [1.82, 2.24) is 9.88 Å². The number of anilines is 1. The van der Waals surface area contributed by atoms with E-state index in [9.17, 15) is 0 Å². The molecule has 112 valence electrons. The van der Waals surface area contributed by atoms with E-state index < -0.39 is 0 Å². The SMILES string of the molecule is Nc1ccc(-n2cc(C3CCNCC3)c3ccccc32)cc1. The molecule has 0 amide bonds. The molecule has 2 aromatic carbocycles. The second kappa shape index (κ2) is 5.50. The van der Waals surface area contributed by atoms with E-state index in [4.69, 9.17) is 5.73 Å². The Morgan fingerprint density at radius 1 is 0.955 bits per heavy atom. The molecule has 0 atom stereocenters. The Kier molecular flexibility index (Phi) is 3.35. The van der Waals surface area contributed by atoms with Crippen molar-refractivity contribution in [3.05, 3.63) is 60.3 Å². The highest BCUT2D eigenvalue weighted by molar-refractivity contribution is 5.86. The molecule has 0 aliphatic carbocycles. The summed E-state index contributed by atoms with van der Waals surface area (Å²) in [4.78, 5) is 0. The number of nitrogens with one attached hydrogen (secondary N) is 1. The Morgan fingerprint density at radius 3 is 2.45 bits per heavy atom. The van der Waals surface area contributed by atoms with Crippen LogP contribution in [0.1, 0.15) is 24.3 Å². The van der Waals surface area contributed by atoms with E-state index in [-0.39, 0.29) is 0 Å². The van der Waals surface area contributed by atoms with E-state index in [1.165, 1.54) is 35.0 Å². The number of para-hydroxylation sites is 1. The number of hydrogen-bond donors (Lipinski definition) is 2. The van der Waals surface area contributed by atoms with Crippen molar-refractivity contribution in [2.45, 2.75) is 18.8 Å². The van der Waals surface area contributed by atoms with Gasteiger partial charge >= 0.3 is 0 Å². The van der Waals surface area contributed by atoms with Gasteiger partial charge in [0.1, 0.15) is 0 Å². The molecule has 22 heavy (non-hydrogen) atoms. The van der Waals surface area contributed by atoms with E-state index in [0.29, 0.717) is 5.92 Å². The van der Waals surface area contributed by atoms with Crippen LogP contribution in [0.4, 0.5) is 5.69 Å². The van der Waals surface area contributed by atoms with Gasteiger partial charge in [0.15, 0.2) is 0 Å². The number of nitrogens with two attached hydrogens (primary N) is 1. The molecule has 1 aliphatic heterocycles. The van der Waals surface area contributed by atoms with Crippen LogP contribution < -0.4 is 11.1 Å². The lowest BCUT2D eigenvalue weighted by Gasteiger charge is -2.22. The number of nitrogens with zero attached hydrogens (tertiary/aromatic N) is 1. The molecular weight excluding hydrogens is 270 g/mol. The molecule has 3 heteroatoms. The number of benzene rings is 2. The molecule has 3 N–H and O–H groups in total. The third-order valence-corrected chi connectivity index (χ3v) is 4.69.